The Hall–Kier alpha value is -3.55. The highest BCUT2D eigenvalue weighted by Gasteiger charge is 2.44. The standard InChI is InChI=1S/C33H47N5O7S/c1-20(22-9-11-23(12-10-22)28-21(2)34-19-46-28)35-30(41)26-16-25(39)17-38(26)31(42)29(33(3,4)5)36-27(40)18-45-15-13-24-8-6-7-14-37(24)32(43)44/h9-12,19-20,24-26,29,39H,6-8,13-18H2,1-5H3,(H,35,41)(H,36,40)(H,43,44)/t20-,24?,25+,26-,29+/m0/s1. The van der Waals surface area contributed by atoms with Crippen LogP contribution >= 0.6 is 11.3 Å². The van der Waals surface area contributed by atoms with Crippen LogP contribution in [0.4, 0.5) is 4.79 Å². The van der Waals surface area contributed by atoms with Gasteiger partial charge in [0.05, 0.1) is 28.2 Å². The molecule has 2 fully saturated rings. The largest absolute Gasteiger partial charge is 0.465 e. The van der Waals surface area contributed by atoms with Gasteiger partial charge < -0.3 is 35.4 Å². The van der Waals surface area contributed by atoms with Crippen LogP contribution in [0.25, 0.3) is 10.4 Å². The number of aliphatic hydroxyl groups is 1. The highest BCUT2D eigenvalue weighted by Crippen LogP contribution is 2.29. The summed E-state index contributed by atoms with van der Waals surface area (Å²) in [4.78, 5) is 59.9. The number of carbonyl (C=O) groups excluding carboxylic acids is 3. The predicted molar refractivity (Wildman–Crippen MR) is 174 cm³/mol. The van der Waals surface area contributed by atoms with Gasteiger partial charge in [0.25, 0.3) is 0 Å². The Morgan fingerprint density at radius 3 is 2.46 bits per heavy atom. The summed E-state index contributed by atoms with van der Waals surface area (Å²) >= 11 is 1.57. The maximum absolute atomic E-state index is 13.9. The Bertz CT molecular complexity index is 1380. The summed E-state index contributed by atoms with van der Waals surface area (Å²) in [5.74, 6) is -1.31. The van der Waals surface area contributed by atoms with Crippen molar-refractivity contribution in [2.45, 2.75) is 97.0 Å². The van der Waals surface area contributed by atoms with E-state index < -0.39 is 41.5 Å². The number of likely N-dealkylation sites (tertiary alicyclic amines) is 2. The third-order valence-corrected chi connectivity index (χ3v) is 9.74. The zero-order chi connectivity index (χ0) is 33.6. The summed E-state index contributed by atoms with van der Waals surface area (Å²) in [5.41, 5.74) is 4.02. The zero-order valence-electron chi connectivity index (χ0n) is 27.3. The average Bonchev–Trinajstić information content (AvgIpc) is 3.62. The van der Waals surface area contributed by atoms with Crippen LogP contribution in [0.3, 0.4) is 0 Å². The lowest BCUT2D eigenvalue weighted by Crippen LogP contribution is -2.58. The molecule has 2 aliphatic heterocycles. The van der Waals surface area contributed by atoms with Crippen molar-refractivity contribution in [3.05, 3.63) is 41.0 Å². The van der Waals surface area contributed by atoms with E-state index in [1.807, 2.05) is 64.4 Å². The van der Waals surface area contributed by atoms with E-state index in [0.29, 0.717) is 13.0 Å². The number of thiazole rings is 1. The molecule has 252 valence electrons. The van der Waals surface area contributed by atoms with E-state index in [1.54, 1.807) is 11.3 Å². The number of aromatic nitrogens is 1. The second-order valence-electron chi connectivity index (χ2n) is 13.3. The number of aryl methyl sites for hydroxylation is 1. The molecule has 0 aliphatic carbocycles. The Kier molecular flexibility index (Phi) is 11.8. The molecule has 0 spiro atoms. The maximum Gasteiger partial charge on any atom is 0.407 e. The fourth-order valence-electron chi connectivity index (χ4n) is 6.15. The summed E-state index contributed by atoms with van der Waals surface area (Å²) in [7, 11) is 0. The number of amides is 4. The summed E-state index contributed by atoms with van der Waals surface area (Å²) in [6.45, 7) is 9.70. The van der Waals surface area contributed by atoms with E-state index in [-0.39, 0.29) is 44.2 Å². The number of piperidine rings is 1. The van der Waals surface area contributed by atoms with Crippen molar-refractivity contribution < 1.29 is 34.1 Å². The number of rotatable bonds is 11. The van der Waals surface area contributed by atoms with Crippen LogP contribution in [-0.4, -0.2) is 99.3 Å². The van der Waals surface area contributed by atoms with Crippen LogP contribution in [0.15, 0.2) is 29.8 Å². The van der Waals surface area contributed by atoms with E-state index in [4.69, 9.17) is 4.74 Å². The molecular formula is C33H47N5O7S. The molecule has 5 atom stereocenters. The van der Waals surface area contributed by atoms with Gasteiger partial charge in [-0.3, -0.25) is 14.4 Å². The lowest BCUT2D eigenvalue weighted by atomic mass is 9.85. The lowest BCUT2D eigenvalue weighted by Gasteiger charge is -2.35. The molecule has 13 heteroatoms. The highest BCUT2D eigenvalue weighted by atomic mass is 32.1. The van der Waals surface area contributed by atoms with Gasteiger partial charge in [-0.05, 0) is 56.1 Å². The summed E-state index contributed by atoms with van der Waals surface area (Å²) in [5, 5.41) is 25.7. The Morgan fingerprint density at radius 1 is 1.11 bits per heavy atom. The van der Waals surface area contributed by atoms with Crippen molar-refractivity contribution in [3.63, 3.8) is 0 Å². The molecule has 0 saturated carbocycles. The molecule has 1 aromatic heterocycles. The first-order valence-electron chi connectivity index (χ1n) is 15.9. The van der Waals surface area contributed by atoms with Crippen LogP contribution in [0.2, 0.25) is 0 Å². The molecule has 2 saturated heterocycles. The second-order valence-corrected chi connectivity index (χ2v) is 14.2. The minimum absolute atomic E-state index is 0.0192. The van der Waals surface area contributed by atoms with Gasteiger partial charge in [-0.15, -0.1) is 11.3 Å². The molecule has 1 aromatic carbocycles. The number of β-amino-alcohol motifs (C(OH)–C–C–N with tert-alkyl or cyclic N) is 1. The number of nitrogens with one attached hydrogen (secondary N) is 2. The molecule has 4 amide bonds. The van der Waals surface area contributed by atoms with Gasteiger partial charge in [-0.1, -0.05) is 45.0 Å². The number of carbonyl (C=O) groups is 4. The van der Waals surface area contributed by atoms with E-state index in [1.165, 1.54) is 9.80 Å². The third kappa shape index (κ3) is 8.83. The average molecular weight is 658 g/mol. The molecule has 3 heterocycles. The van der Waals surface area contributed by atoms with E-state index in [2.05, 4.69) is 15.6 Å². The fraction of sp³-hybridized carbons (Fsp3) is 0.606. The first kappa shape index (κ1) is 35.3. The Labute approximate surface area is 274 Å². The second kappa shape index (κ2) is 15.4. The number of hydrogen-bond acceptors (Lipinski definition) is 8. The number of aliphatic hydroxyl groups excluding tert-OH is 1. The van der Waals surface area contributed by atoms with Gasteiger partial charge in [0.1, 0.15) is 18.7 Å². The van der Waals surface area contributed by atoms with Crippen molar-refractivity contribution in [2.75, 3.05) is 26.3 Å². The monoisotopic (exact) mass is 657 g/mol. The SMILES string of the molecule is Cc1ncsc1-c1ccc([C@H](C)NC(=O)[C@@H]2C[C@@H](O)CN2C(=O)[C@@H](NC(=O)COCCC2CCCCN2C(=O)O)C(C)(C)C)cc1. The molecule has 46 heavy (non-hydrogen) atoms. The van der Waals surface area contributed by atoms with Gasteiger partial charge in [-0.25, -0.2) is 9.78 Å². The quantitative estimate of drug-likeness (QED) is 0.266. The molecule has 0 bridgehead atoms. The van der Waals surface area contributed by atoms with Crippen LogP contribution < -0.4 is 10.6 Å². The fourth-order valence-corrected chi connectivity index (χ4v) is 6.97. The number of ether oxygens (including phenoxy) is 1. The van der Waals surface area contributed by atoms with Gasteiger partial charge in [0.15, 0.2) is 0 Å². The van der Waals surface area contributed by atoms with Crippen molar-refractivity contribution in [3.8, 4) is 10.4 Å². The van der Waals surface area contributed by atoms with Crippen molar-refractivity contribution in [2.24, 2.45) is 5.41 Å². The van der Waals surface area contributed by atoms with Crippen LogP contribution in [0.5, 0.6) is 0 Å². The molecule has 2 aromatic rings. The lowest BCUT2D eigenvalue weighted by molar-refractivity contribution is -0.144. The van der Waals surface area contributed by atoms with Gasteiger partial charge >= 0.3 is 6.09 Å². The van der Waals surface area contributed by atoms with Gasteiger partial charge in [0.2, 0.25) is 17.7 Å². The third-order valence-electron chi connectivity index (χ3n) is 8.76. The highest BCUT2D eigenvalue weighted by molar-refractivity contribution is 7.13. The van der Waals surface area contributed by atoms with Crippen molar-refractivity contribution in [1.82, 2.24) is 25.4 Å². The molecular weight excluding hydrogens is 610 g/mol. The van der Waals surface area contributed by atoms with E-state index in [9.17, 15) is 29.4 Å². The smallest absolute Gasteiger partial charge is 0.407 e. The van der Waals surface area contributed by atoms with Gasteiger partial charge in [-0.2, -0.15) is 0 Å². The molecule has 4 N–H and O–H groups in total. The summed E-state index contributed by atoms with van der Waals surface area (Å²) < 4.78 is 5.58. The predicted octanol–water partition coefficient (Wildman–Crippen LogP) is 3.73. The molecule has 12 nitrogen and oxygen atoms in total. The summed E-state index contributed by atoms with van der Waals surface area (Å²) in [6, 6.07) is 5.55. The summed E-state index contributed by atoms with van der Waals surface area (Å²) in [6.07, 6.45) is 1.31. The Morgan fingerprint density at radius 2 is 1.83 bits per heavy atom. The molecule has 1 unspecified atom stereocenters. The molecule has 2 aliphatic rings. The number of nitrogens with zero attached hydrogens (tertiary/aromatic N) is 3. The van der Waals surface area contributed by atoms with Crippen LogP contribution in [0, 0.1) is 12.3 Å². The first-order valence-corrected chi connectivity index (χ1v) is 16.8. The Balaban J connectivity index is 1.34. The number of hydrogen-bond donors (Lipinski definition) is 4. The van der Waals surface area contributed by atoms with E-state index >= 15 is 0 Å². The number of benzene rings is 1. The normalized spacial score (nSPS) is 21.5. The van der Waals surface area contributed by atoms with Gasteiger partial charge in [0, 0.05) is 32.2 Å². The topological polar surface area (TPSA) is 161 Å². The zero-order valence-corrected chi connectivity index (χ0v) is 28.1. The molecule has 4 rings (SSSR count). The van der Waals surface area contributed by atoms with Crippen molar-refractivity contribution >= 4 is 35.2 Å². The van der Waals surface area contributed by atoms with Crippen molar-refractivity contribution in [1.29, 1.82) is 0 Å². The minimum Gasteiger partial charge on any atom is -0.465 e. The van der Waals surface area contributed by atoms with Crippen LogP contribution in [-0.2, 0) is 19.1 Å². The maximum atomic E-state index is 13.9. The molecule has 0 radical (unpaired) electrons. The minimum atomic E-state index is -0.967. The van der Waals surface area contributed by atoms with E-state index in [0.717, 1.165) is 41.0 Å². The number of carboxylic acid groups (broad SMARTS) is 1. The first-order chi connectivity index (χ1) is 21.8. The van der Waals surface area contributed by atoms with Crippen LogP contribution in [0.1, 0.15) is 77.1 Å².